The van der Waals surface area contributed by atoms with Crippen molar-refractivity contribution in [1.29, 1.82) is 0 Å². The van der Waals surface area contributed by atoms with E-state index in [1.807, 2.05) is 0 Å². The average Bonchev–Trinajstić information content (AvgIpc) is 2.41. The number of anilines is 1. The topological polar surface area (TPSA) is 75.4 Å². The Morgan fingerprint density at radius 3 is 2.65 bits per heavy atom. The summed E-state index contributed by atoms with van der Waals surface area (Å²) < 4.78 is 0. The average molecular weight is 313 g/mol. The summed E-state index contributed by atoms with van der Waals surface area (Å²) in [6.45, 7) is 0.283. The molecule has 0 amide bonds. The van der Waals surface area contributed by atoms with Crippen LogP contribution in [0, 0.1) is 10.1 Å². The highest BCUT2D eigenvalue weighted by Crippen LogP contribution is 2.30. The summed E-state index contributed by atoms with van der Waals surface area (Å²) in [5.41, 5.74) is 0.947. The Labute approximate surface area is 124 Å². The quantitative estimate of drug-likeness (QED) is 0.654. The molecule has 2 aromatic rings. The van der Waals surface area contributed by atoms with E-state index in [0.717, 1.165) is 0 Å². The molecule has 2 aromatic carbocycles. The standard InChI is InChI=1S/C13H10Cl2N2O3/c14-10-5-4-9(6-12(10)17(19)20)16-7-8-2-1-3-11(15)13(8)18/h1-6,16,18H,7H2. The number of nitro benzene ring substituents is 1. The van der Waals surface area contributed by atoms with Crippen LogP contribution in [0.2, 0.25) is 10.0 Å². The molecule has 0 aromatic heterocycles. The Hall–Kier alpha value is -1.98. The lowest BCUT2D eigenvalue weighted by Crippen LogP contribution is -2.00. The zero-order valence-electron chi connectivity index (χ0n) is 10.1. The molecular formula is C13H10Cl2N2O3. The largest absolute Gasteiger partial charge is 0.506 e. The third kappa shape index (κ3) is 3.12. The first-order valence-corrected chi connectivity index (χ1v) is 6.39. The lowest BCUT2D eigenvalue weighted by Gasteiger charge is -2.09. The van der Waals surface area contributed by atoms with Crippen LogP contribution in [-0.4, -0.2) is 10.0 Å². The Morgan fingerprint density at radius 2 is 1.95 bits per heavy atom. The number of phenols is 1. The van der Waals surface area contributed by atoms with Crippen LogP contribution in [0.25, 0.3) is 0 Å². The molecule has 0 heterocycles. The summed E-state index contributed by atoms with van der Waals surface area (Å²) in [4.78, 5) is 10.2. The van der Waals surface area contributed by atoms with Gasteiger partial charge in [0.1, 0.15) is 10.8 Å². The maximum Gasteiger partial charge on any atom is 0.289 e. The second-order valence-electron chi connectivity index (χ2n) is 4.02. The molecule has 0 aliphatic carbocycles. The molecule has 104 valence electrons. The minimum atomic E-state index is -0.551. The van der Waals surface area contributed by atoms with Crippen molar-refractivity contribution >= 4 is 34.6 Å². The Balaban J connectivity index is 2.17. The summed E-state index contributed by atoms with van der Waals surface area (Å²) in [5, 5.41) is 23.8. The van der Waals surface area contributed by atoms with Gasteiger partial charge >= 0.3 is 0 Å². The predicted molar refractivity (Wildman–Crippen MR) is 78.5 cm³/mol. The van der Waals surface area contributed by atoms with Gasteiger partial charge in [-0.3, -0.25) is 10.1 Å². The van der Waals surface area contributed by atoms with E-state index in [4.69, 9.17) is 23.2 Å². The number of hydrogen-bond acceptors (Lipinski definition) is 4. The van der Waals surface area contributed by atoms with E-state index >= 15 is 0 Å². The summed E-state index contributed by atoms with van der Waals surface area (Å²) in [5.74, 6) is -0.00914. The third-order valence-electron chi connectivity index (χ3n) is 2.70. The molecule has 0 atom stereocenters. The molecule has 0 saturated carbocycles. The van der Waals surface area contributed by atoms with E-state index in [0.29, 0.717) is 11.3 Å². The summed E-state index contributed by atoms with van der Waals surface area (Å²) >= 11 is 11.5. The van der Waals surface area contributed by atoms with Crippen LogP contribution >= 0.6 is 23.2 Å². The lowest BCUT2D eigenvalue weighted by atomic mass is 10.2. The number of para-hydroxylation sites is 1. The molecule has 7 heteroatoms. The molecule has 0 spiro atoms. The van der Waals surface area contributed by atoms with E-state index in [9.17, 15) is 15.2 Å². The minimum absolute atomic E-state index is 0.00914. The number of rotatable bonds is 4. The molecule has 2 rings (SSSR count). The molecular weight excluding hydrogens is 303 g/mol. The van der Waals surface area contributed by atoms with E-state index in [-0.39, 0.29) is 28.0 Å². The van der Waals surface area contributed by atoms with Crippen molar-refractivity contribution in [2.75, 3.05) is 5.32 Å². The lowest BCUT2D eigenvalue weighted by molar-refractivity contribution is -0.384. The van der Waals surface area contributed by atoms with Crippen molar-refractivity contribution in [1.82, 2.24) is 0 Å². The number of hydrogen-bond donors (Lipinski definition) is 2. The van der Waals surface area contributed by atoms with Gasteiger partial charge in [0.15, 0.2) is 0 Å². The fourth-order valence-electron chi connectivity index (χ4n) is 1.66. The van der Waals surface area contributed by atoms with E-state index in [1.165, 1.54) is 12.1 Å². The summed E-state index contributed by atoms with van der Waals surface area (Å²) in [6, 6.07) is 9.40. The van der Waals surface area contributed by atoms with Crippen molar-refractivity contribution in [3.63, 3.8) is 0 Å². The van der Waals surface area contributed by atoms with Gasteiger partial charge in [-0.25, -0.2) is 0 Å². The van der Waals surface area contributed by atoms with E-state index in [2.05, 4.69) is 5.32 Å². The summed E-state index contributed by atoms with van der Waals surface area (Å²) in [6.07, 6.45) is 0. The van der Waals surface area contributed by atoms with Gasteiger partial charge in [-0.2, -0.15) is 0 Å². The van der Waals surface area contributed by atoms with Crippen LogP contribution in [-0.2, 0) is 6.54 Å². The Kier molecular flexibility index (Phi) is 4.32. The van der Waals surface area contributed by atoms with Crippen molar-refractivity contribution < 1.29 is 10.0 Å². The number of nitrogens with zero attached hydrogens (tertiary/aromatic N) is 1. The van der Waals surface area contributed by atoms with Gasteiger partial charge in [-0.1, -0.05) is 35.3 Å². The molecule has 0 fully saturated rings. The Bertz CT molecular complexity index is 662. The van der Waals surface area contributed by atoms with Crippen LogP contribution in [0.1, 0.15) is 5.56 Å². The molecule has 0 bridgehead atoms. The second-order valence-corrected chi connectivity index (χ2v) is 4.84. The van der Waals surface area contributed by atoms with Crippen LogP contribution in [0.3, 0.4) is 0 Å². The number of benzene rings is 2. The molecule has 0 aliphatic heterocycles. The first-order chi connectivity index (χ1) is 9.49. The fraction of sp³-hybridized carbons (Fsp3) is 0.0769. The zero-order chi connectivity index (χ0) is 14.7. The van der Waals surface area contributed by atoms with Crippen molar-refractivity contribution in [2.45, 2.75) is 6.54 Å². The first kappa shape index (κ1) is 14.4. The highest BCUT2D eigenvalue weighted by molar-refractivity contribution is 6.32. The maximum absolute atomic E-state index is 10.8. The number of nitrogens with one attached hydrogen (secondary N) is 1. The number of halogens is 2. The monoisotopic (exact) mass is 312 g/mol. The van der Waals surface area contributed by atoms with Crippen LogP contribution in [0.5, 0.6) is 5.75 Å². The van der Waals surface area contributed by atoms with Gasteiger partial charge in [-0.05, 0) is 18.2 Å². The Morgan fingerprint density at radius 1 is 1.20 bits per heavy atom. The molecule has 2 N–H and O–H groups in total. The molecule has 0 saturated heterocycles. The SMILES string of the molecule is O=[N+]([O-])c1cc(NCc2cccc(Cl)c2O)ccc1Cl. The molecule has 0 unspecified atom stereocenters. The van der Waals surface area contributed by atoms with Gasteiger partial charge < -0.3 is 10.4 Å². The number of phenolic OH excluding ortho intramolecular Hbond substituents is 1. The fourth-order valence-corrected chi connectivity index (χ4v) is 2.04. The van der Waals surface area contributed by atoms with Gasteiger partial charge in [0.2, 0.25) is 0 Å². The van der Waals surface area contributed by atoms with Gasteiger partial charge in [0.25, 0.3) is 5.69 Å². The van der Waals surface area contributed by atoms with Crippen LogP contribution in [0.4, 0.5) is 11.4 Å². The van der Waals surface area contributed by atoms with Crippen LogP contribution in [0.15, 0.2) is 36.4 Å². The second kappa shape index (κ2) is 5.98. The molecule has 5 nitrogen and oxygen atoms in total. The number of aromatic hydroxyl groups is 1. The molecule has 20 heavy (non-hydrogen) atoms. The zero-order valence-corrected chi connectivity index (χ0v) is 11.6. The predicted octanol–water partition coefficient (Wildman–Crippen LogP) is 4.22. The highest BCUT2D eigenvalue weighted by atomic mass is 35.5. The maximum atomic E-state index is 10.8. The van der Waals surface area contributed by atoms with Gasteiger partial charge in [0.05, 0.1) is 9.95 Å². The number of nitro groups is 1. The summed E-state index contributed by atoms with van der Waals surface area (Å²) in [7, 11) is 0. The van der Waals surface area contributed by atoms with Crippen molar-refractivity contribution in [3.05, 3.63) is 62.1 Å². The first-order valence-electron chi connectivity index (χ1n) is 5.63. The minimum Gasteiger partial charge on any atom is -0.506 e. The van der Waals surface area contributed by atoms with Crippen molar-refractivity contribution in [3.8, 4) is 5.75 Å². The van der Waals surface area contributed by atoms with E-state index in [1.54, 1.807) is 24.3 Å². The van der Waals surface area contributed by atoms with Crippen LogP contribution < -0.4 is 5.32 Å². The van der Waals surface area contributed by atoms with Gasteiger partial charge in [0, 0.05) is 23.9 Å². The smallest absolute Gasteiger partial charge is 0.289 e. The molecule has 0 radical (unpaired) electrons. The van der Waals surface area contributed by atoms with Gasteiger partial charge in [-0.15, -0.1) is 0 Å². The van der Waals surface area contributed by atoms with Crippen molar-refractivity contribution in [2.24, 2.45) is 0 Å². The highest BCUT2D eigenvalue weighted by Gasteiger charge is 2.13. The van der Waals surface area contributed by atoms with E-state index < -0.39 is 4.92 Å². The normalized spacial score (nSPS) is 10.3. The molecule has 0 aliphatic rings. The third-order valence-corrected chi connectivity index (χ3v) is 3.32.